The molecular weight excluding hydrogens is 375 g/mol. The molecule has 0 saturated carbocycles. The van der Waals surface area contributed by atoms with Crippen molar-refractivity contribution in [3.05, 3.63) is 62.0 Å². The first-order chi connectivity index (χ1) is 9.88. The molecule has 0 spiro atoms. The topological polar surface area (TPSA) is 46.3 Å². The van der Waals surface area contributed by atoms with E-state index in [0.29, 0.717) is 27.8 Å². The van der Waals surface area contributed by atoms with Crippen LogP contribution in [-0.4, -0.2) is 17.9 Å². The van der Waals surface area contributed by atoms with Crippen molar-refractivity contribution < 1.29 is 4.79 Å². The Hall–Kier alpha value is -1.23. The van der Waals surface area contributed by atoms with Gasteiger partial charge < -0.3 is 10.6 Å². The zero-order valence-electron chi connectivity index (χ0n) is 11.2. The maximum Gasteiger partial charge on any atom is 0.255 e. The molecule has 2 rings (SSSR count). The Morgan fingerprint density at radius 3 is 2.52 bits per heavy atom. The highest BCUT2D eigenvalue weighted by Gasteiger charge is 2.15. The molecule has 0 aromatic heterocycles. The largest absolute Gasteiger partial charge is 0.398 e. The molecule has 2 N–H and O–H groups in total. The average molecular weight is 388 g/mol. The molecule has 0 aliphatic heterocycles. The summed E-state index contributed by atoms with van der Waals surface area (Å²) in [7, 11) is 1.71. The number of rotatable bonds is 3. The molecule has 0 aliphatic rings. The van der Waals surface area contributed by atoms with Crippen molar-refractivity contribution in [2.45, 2.75) is 6.54 Å². The molecule has 1 amide bonds. The number of hydrogen-bond acceptors (Lipinski definition) is 2. The minimum absolute atomic E-state index is 0.147. The predicted octanol–water partition coefficient (Wildman–Crippen LogP) is 4.61. The van der Waals surface area contributed by atoms with Crippen LogP contribution in [0.25, 0.3) is 0 Å². The van der Waals surface area contributed by atoms with E-state index in [9.17, 15) is 4.79 Å². The molecule has 0 radical (unpaired) electrons. The zero-order valence-corrected chi connectivity index (χ0v) is 14.3. The molecule has 21 heavy (non-hydrogen) atoms. The second kappa shape index (κ2) is 6.69. The standard InChI is InChI=1S/C15H13BrCl2N2O/c1-20(8-9-2-5-12(17)13(18)6-9)15(21)11-4-3-10(16)7-14(11)19/h2-7H,8,19H2,1H3. The van der Waals surface area contributed by atoms with Crippen LogP contribution < -0.4 is 5.73 Å². The Balaban J connectivity index is 2.17. The summed E-state index contributed by atoms with van der Waals surface area (Å²) in [5.74, 6) is -0.147. The number of amides is 1. The monoisotopic (exact) mass is 386 g/mol. The van der Waals surface area contributed by atoms with E-state index in [1.54, 1.807) is 42.3 Å². The van der Waals surface area contributed by atoms with Gasteiger partial charge in [-0.3, -0.25) is 4.79 Å². The van der Waals surface area contributed by atoms with Crippen molar-refractivity contribution in [2.24, 2.45) is 0 Å². The highest BCUT2D eigenvalue weighted by Crippen LogP contribution is 2.24. The van der Waals surface area contributed by atoms with Crippen molar-refractivity contribution in [1.29, 1.82) is 0 Å². The van der Waals surface area contributed by atoms with Crippen LogP contribution in [0.3, 0.4) is 0 Å². The van der Waals surface area contributed by atoms with Crippen molar-refractivity contribution in [2.75, 3.05) is 12.8 Å². The van der Waals surface area contributed by atoms with Crippen LogP contribution in [-0.2, 0) is 6.54 Å². The Morgan fingerprint density at radius 2 is 1.90 bits per heavy atom. The Labute approximate surface area is 141 Å². The summed E-state index contributed by atoms with van der Waals surface area (Å²) in [4.78, 5) is 14.0. The minimum atomic E-state index is -0.147. The summed E-state index contributed by atoms with van der Waals surface area (Å²) in [6, 6.07) is 10.5. The van der Waals surface area contributed by atoms with Crippen molar-refractivity contribution in [3.8, 4) is 0 Å². The number of hydrogen-bond donors (Lipinski definition) is 1. The Bertz CT molecular complexity index is 691. The molecule has 0 atom stereocenters. The fourth-order valence-electron chi connectivity index (χ4n) is 1.92. The van der Waals surface area contributed by atoms with Crippen molar-refractivity contribution in [1.82, 2.24) is 4.90 Å². The lowest BCUT2D eigenvalue weighted by molar-refractivity contribution is 0.0786. The van der Waals surface area contributed by atoms with E-state index in [0.717, 1.165) is 10.0 Å². The van der Waals surface area contributed by atoms with Crippen LogP contribution in [0.1, 0.15) is 15.9 Å². The van der Waals surface area contributed by atoms with E-state index in [-0.39, 0.29) is 5.91 Å². The Kier molecular flexibility index (Phi) is 5.14. The summed E-state index contributed by atoms with van der Waals surface area (Å²) in [5, 5.41) is 0.963. The molecule has 0 aliphatic carbocycles. The number of anilines is 1. The molecule has 2 aromatic carbocycles. The minimum Gasteiger partial charge on any atom is -0.398 e. The molecule has 110 valence electrons. The summed E-state index contributed by atoms with van der Waals surface area (Å²) in [6.07, 6.45) is 0. The first-order valence-corrected chi connectivity index (χ1v) is 7.68. The van der Waals surface area contributed by atoms with E-state index in [1.165, 1.54) is 0 Å². The van der Waals surface area contributed by atoms with Crippen LogP contribution in [0.2, 0.25) is 10.0 Å². The SMILES string of the molecule is CN(Cc1ccc(Cl)c(Cl)c1)C(=O)c1ccc(Br)cc1N. The summed E-state index contributed by atoms with van der Waals surface area (Å²) >= 11 is 15.2. The lowest BCUT2D eigenvalue weighted by Gasteiger charge is -2.18. The second-order valence-corrected chi connectivity index (χ2v) is 6.37. The third-order valence-corrected chi connectivity index (χ3v) is 4.23. The van der Waals surface area contributed by atoms with Gasteiger partial charge in [0.25, 0.3) is 5.91 Å². The predicted molar refractivity (Wildman–Crippen MR) is 90.8 cm³/mol. The average Bonchev–Trinajstić information content (AvgIpc) is 2.42. The molecule has 6 heteroatoms. The molecule has 0 fully saturated rings. The van der Waals surface area contributed by atoms with E-state index in [1.807, 2.05) is 6.07 Å². The fourth-order valence-corrected chi connectivity index (χ4v) is 2.62. The summed E-state index contributed by atoms with van der Waals surface area (Å²) in [5.41, 5.74) is 7.69. The van der Waals surface area contributed by atoms with Gasteiger partial charge in [0.1, 0.15) is 0 Å². The maximum atomic E-state index is 12.4. The molecule has 0 heterocycles. The van der Waals surface area contributed by atoms with Gasteiger partial charge in [0.2, 0.25) is 0 Å². The molecule has 2 aromatic rings. The summed E-state index contributed by atoms with van der Waals surface area (Å²) in [6.45, 7) is 0.422. The van der Waals surface area contributed by atoms with E-state index in [2.05, 4.69) is 15.9 Å². The van der Waals surface area contributed by atoms with Crippen LogP contribution >= 0.6 is 39.1 Å². The highest BCUT2D eigenvalue weighted by atomic mass is 79.9. The van der Waals surface area contributed by atoms with Crippen molar-refractivity contribution >= 4 is 50.7 Å². The molecular formula is C15H13BrCl2N2O. The molecule has 0 unspecified atom stereocenters. The number of carbonyl (C=O) groups excluding carboxylic acids is 1. The van der Waals surface area contributed by atoms with Gasteiger partial charge >= 0.3 is 0 Å². The van der Waals surface area contributed by atoms with Crippen LogP contribution in [0.5, 0.6) is 0 Å². The molecule has 0 bridgehead atoms. The first kappa shape index (κ1) is 16.1. The maximum absolute atomic E-state index is 12.4. The Morgan fingerprint density at radius 1 is 1.19 bits per heavy atom. The van der Waals surface area contributed by atoms with Gasteiger partial charge in [-0.1, -0.05) is 45.2 Å². The molecule has 3 nitrogen and oxygen atoms in total. The number of halogens is 3. The van der Waals surface area contributed by atoms with Gasteiger partial charge in [0, 0.05) is 23.8 Å². The summed E-state index contributed by atoms with van der Waals surface area (Å²) < 4.78 is 0.837. The zero-order chi connectivity index (χ0) is 15.6. The van der Waals surface area contributed by atoms with Crippen molar-refractivity contribution in [3.63, 3.8) is 0 Å². The molecule has 0 saturated heterocycles. The van der Waals surface area contributed by atoms with Crippen LogP contribution in [0, 0.1) is 0 Å². The first-order valence-electron chi connectivity index (χ1n) is 6.13. The van der Waals surface area contributed by atoms with E-state index < -0.39 is 0 Å². The number of nitrogen functional groups attached to an aromatic ring is 1. The van der Waals surface area contributed by atoms with Gasteiger partial charge in [0.05, 0.1) is 15.6 Å². The lowest BCUT2D eigenvalue weighted by Crippen LogP contribution is -2.27. The van der Waals surface area contributed by atoms with Gasteiger partial charge in [-0.2, -0.15) is 0 Å². The third kappa shape index (κ3) is 3.90. The highest BCUT2D eigenvalue weighted by molar-refractivity contribution is 9.10. The number of nitrogens with zero attached hydrogens (tertiary/aromatic N) is 1. The quantitative estimate of drug-likeness (QED) is 0.781. The second-order valence-electron chi connectivity index (χ2n) is 4.64. The number of nitrogens with two attached hydrogens (primary N) is 1. The lowest BCUT2D eigenvalue weighted by atomic mass is 10.1. The van der Waals surface area contributed by atoms with Gasteiger partial charge in [-0.25, -0.2) is 0 Å². The smallest absolute Gasteiger partial charge is 0.255 e. The van der Waals surface area contributed by atoms with E-state index in [4.69, 9.17) is 28.9 Å². The van der Waals surface area contributed by atoms with Gasteiger partial charge in [-0.15, -0.1) is 0 Å². The van der Waals surface area contributed by atoms with E-state index >= 15 is 0 Å². The van der Waals surface area contributed by atoms with Crippen LogP contribution in [0.4, 0.5) is 5.69 Å². The van der Waals surface area contributed by atoms with Gasteiger partial charge in [0.15, 0.2) is 0 Å². The normalized spacial score (nSPS) is 10.5. The fraction of sp³-hybridized carbons (Fsp3) is 0.133. The number of benzene rings is 2. The third-order valence-electron chi connectivity index (χ3n) is 2.99. The van der Waals surface area contributed by atoms with Gasteiger partial charge in [-0.05, 0) is 35.9 Å². The van der Waals surface area contributed by atoms with Crippen LogP contribution in [0.15, 0.2) is 40.9 Å². The number of carbonyl (C=O) groups is 1.